The van der Waals surface area contributed by atoms with Gasteiger partial charge in [0.15, 0.2) is 0 Å². The normalized spacial score (nSPS) is 13.4. The van der Waals surface area contributed by atoms with Crippen LogP contribution in [0.1, 0.15) is 11.1 Å². The van der Waals surface area contributed by atoms with Crippen LogP contribution in [0.25, 0.3) is 6.08 Å². The molecule has 0 aromatic heterocycles. The Morgan fingerprint density at radius 3 is 2.25 bits per heavy atom. The lowest BCUT2D eigenvalue weighted by atomic mass is 10.1. The summed E-state index contributed by atoms with van der Waals surface area (Å²) in [5.41, 5.74) is 2.05. The summed E-state index contributed by atoms with van der Waals surface area (Å²) in [5.74, 6) is 0. The Bertz CT molecular complexity index is 386. The third kappa shape index (κ3) is 4.22. The molecule has 0 aliphatic rings. The van der Waals surface area contributed by atoms with Crippen LogP contribution in [0.2, 0.25) is 19.6 Å². The second kappa shape index (κ2) is 4.45. The molecule has 16 heavy (non-hydrogen) atoms. The quantitative estimate of drug-likeness (QED) is 0.667. The van der Waals surface area contributed by atoms with E-state index >= 15 is 0 Å². The van der Waals surface area contributed by atoms with Gasteiger partial charge in [-0.05, 0) is 17.7 Å². The van der Waals surface area contributed by atoms with Gasteiger partial charge in [-0.15, -0.1) is 0 Å². The molecule has 0 aliphatic heterocycles. The van der Waals surface area contributed by atoms with Crippen LogP contribution in [0.5, 0.6) is 0 Å². The van der Waals surface area contributed by atoms with E-state index in [4.69, 9.17) is 0 Å². The highest BCUT2D eigenvalue weighted by molar-refractivity contribution is 6.81. The smallest absolute Gasteiger partial charge is 0.166 e. The monoisotopic (exact) mass is 244 g/mol. The topological polar surface area (TPSA) is 0 Å². The van der Waals surface area contributed by atoms with Crippen LogP contribution < -0.4 is 0 Å². The van der Waals surface area contributed by atoms with Crippen molar-refractivity contribution in [3.8, 4) is 0 Å². The highest BCUT2D eigenvalue weighted by Gasteiger charge is 2.30. The third-order valence-electron chi connectivity index (χ3n) is 1.99. The van der Waals surface area contributed by atoms with E-state index in [9.17, 15) is 13.2 Å². The summed E-state index contributed by atoms with van der Waals surface area (Å²) in [4.78, 5) is 0. The van der Waals surface area contributed by atoms with Crippen molar-refractivity contribution in [2.45, 2.75) is 25.8 Å². The molecule has 88 valence electrons. The molecule has 0 amide bonds. The summed E-state index contributed by atoms with van der Waals surface area (Å²) in [6.45, 7) is 6.41. The zero-order chi connectivity index (χ0) is 12.4. The molecule has 0 bridgehead atoms. The predicted molar refractivity (Wildman–Crippen MR) is 63.8 cm³/mol. The highest BCUT2D eigenvalue weighted by Crippen LogP contribution is 2.29. The van der Waals surface area contributed by atoms with Gasteiger partial charge in [0.05, 0.1) is 13.6 Å². The molecule has 1 aromatic rings. The van der Waals surface area contributed by atoms with E-state index in [0.717, 1.165) is 6.07 Å². The standard InChI is InChI=1S/C12H15F3Si/c1-16(2,3)8-7-10-5-4-6-11(9-10)12(13,14)15/h4-9H,1-3H3/b8-7+. The van der Waals surface area contributed by atoms with Gasteiger partial charge in [0.2, 0.25) is 0 Å². The summed E-state index contributed by atoms with van der Waals surface area (Å²) in [5, 5.41) is 0. The van der Waals surface area contributed by atoms with Crippen molar-refractivity contribution < 1.29 is 13.2 Å². The average molecular weight is 244 g/mol. The van der Waals surface area contributed by atoms with E-state index in [2.05, 4.69) is 19.6 Å². The van der Waals surface area contributed by atoms with E-state index < -0.39 is 19.8 Å². The number of rotatable bonds is 2. The summed E-state index contributed by atoms with van der Waals surface area (Å²) < 4.78 is 37.3. The minimum Gasteiger partial charge on any atom is -0.166 e. The third-order valence-corrected chi connectivity index (χ3v) is 3.16. The maximum Gasteiger partial charge on any atom is 0.416 e. The van der Waals surface area contributed by atoms with Crippen LogP contribution in [0.3, 0.4) is 0 Å². The first-order chi connectivity index (χ1) is 7.18. The molecule has 0 radical (unpaired) electrons. The van der Waals surface area contributed by atoms with Crippen molar-refractivity contribution in [1.29, 1.82) is 0 Å². The average Bonchev–Trinajstić information content (AvgIpc) is 2.13. The molecule has 0 atom stereocenters. The van der Waals surface area contributed by atoms with Gasteiger partial charge >= 0.3 is 6.18 Å². The number of halogens is 3. The van der Waals surface area contributed by atoms with Crippen molar-refractivity contribution in [1.82, 2.24) is 0 Å². The van der Waals surface area contributed by atoms with Crippen LogP contribution in [0, 0.1) is 0 Å². The zero-order valence-electron chi connectivity index (χ0n) is 9.60. The van der Waals surface area contributed by atoms with Gasteiger partial charge < -0.3 is 0 Å². The molecule has 1 aromatic carbocycles. The van der Waals surface area contributed by atoms with Crippen molar-refractivity contribution in [2.75, 3.05) is 0 Å². The van der Waals surface area contributed by atoms with E-state index in [-0.39, 0.29) is 0 Å². The van der Waals surface area contributed by atoms with Gasteiger partial charge in [-0.25, -0.2) is 0 Å². The predicted octanol–water partition coefficient (Wildman–Crippen LogP) is 4.60. The summed E-state index contributed by atoms with van der Waals surface area (Å²) in [6, 6.07) is 5.39. The fourth-order valence-corrected chi connectivity index (χ4v) is 1.86. The first-order valence-corrected chi connectivity index (χ1v) is 8.63. The molecule has 4 heteroatoms. The van der Waals surface area contributed by atoms with Crippen molar-refractivity contribution >= 4 is 14.1 Å². The van der Waals surface area contributed by atoms with Crippen molar-refractivity contribution in [3.05, 3.63) is 41.1 Å². The minimum atomic E-state index is -4.26. The molecule has 0 saturated heterocycles. The molecular formula is C12H15F3Si. The van der Waals surface area contributed by atoms with Crippen LogP contribution in [-0.4, -0.2) is 8.07 Å². The molecule has 0 aliphatic carbocycles. The molecule has 0 saturated carbocycles. The van der Waals surface area contributed by atoms with Crippen molar-refractivity contribution in [3.63, 3.8) is 0 Å². The van der Waals surface area contributed by atoms with Crippen LogP contribution in [0.4, 0.5) is 13.2 Å². The Kier molecular flexibility index (Phi) is 3.63. The largest absolute Gasteiger partial charge is 0.416 e. The minimum absolute atomic E-state index is 0.592. The first-order valence-electron chi connectivity index (χ1n) is 5.05. The van der Waals surface area contributed by atoms with Crippen LogP contribution in [0.15, 0.2) is 30.0 Å². The maximum atomic E-state index is 12.4. The van der Waals surface area contributed by atoms with Crippen LogP contribution >= 0.6 is 0 Å². The summed E-state index contributed by atoms with van der Waals surface area (Å²) in [7, 11) is -1.37. The number of hydrogen-bond acceptors (Lipinski definition) is 0. The first kappa shape index (κ1) is 13.0. The van der Waals surface area contributed by atoms with E-state index in [1.54, 1.807) is 12.1 Å². The molecule has 0 unspecified atom stereocenters. The Hall–Kier alpha value is -1.03. The lowest BCUT2D eigenvalue weighted by molar-refractivity contribution is -0.137. The van der Waals surface area contributed by atoms with Gasteiger partial charge in [-0.2, -0.15) is 13.2 Å². The maximum absolute atomic E-state index is 12.4. The molecule has 0 spiro atoms. The van der Waals surface area contributed by atoms with Gasteiger partial charge in [-0.3, -0.25) is 0 Å². The lowest BCUT2D eigenvalue weighted by Crippen LogP contribution is -2.15. The molecule has 0 nitrogen and oxygen atoms in total. The van der Waals surface area contributed by atoms with Gasteiger partial charge in [0.1, 0.15) is 0 Å². The number of alkyl halides is 3. The highest BCUT2D eigenvalue weighted by atomic mass is 28.3. The molecular weight excluding hydrogens is 229 g/mol. The Labute approximate surface area is 94.8 Å². The van der Waals surface area contributed by atoms with E-state index in [1.807, 2.05) is 5.70 Å². The van der Waals surface area contributed by atoms with E-state index in [1.165, 1.54) is 12.1 Å². The lowest BCUT2D eigenvalue weighted by Gasteiger charge is -2.09. The zero-order valence-corrected chi connectivity index (χ0v) is 10.6. The second-order valence-corrected chi connectivity index (χ2v) is 9.89. The summed E-state index contributed by atoms with van der Waals surface area (Å²) >= 11 is 0. The molecule has 0 heterocycles. The summed E-state index contributed by atoms with van der Waals surface area (Å²) in [6.07, 6.45) is -2.48. The second-order valence-electron chi connectivity index (χ2n) is 4.82. The Balaban J connectivity index is 2.96. The molecule has 1 rings (SSSR count). The van der Waals surface area contributed by atoms with Crippen LogP contribution in [-0.2, 0) is 6.18 Å². The Morgan fingerprint density at radius 1 is 1.12 bits per heavy atom. The van der Waals surface area contributed by atoms with Gasteiger partial charge in [0.25, 0.3) is 0 Å². The number of hydrogen-bond donors (Lipinski definition) is 0. The SMILES string of the molecule is C[Si](C)(C)/C=C/c1cccc(C(F)(F)F)c1. The van der Waals surface area contributed by atoms with Crippen molar-refractivity contribution in [2.24, 2.45) is 0 Å². The molecule has 0 fully saturated rings. The fraction of sp³-hybridized carbons (Fsp3) is 0.333. The Morgan fingerprint density at radius 2 is 1.75 bits per heavy atom. The number of benzene rings is 1. The fourth-order valence-electron chi connectivity index (χ4n) is 1.16. The molecule has 0 N–H and O–H groups in total. The van der Waals surface area contributed by atoms with Gasteiger partial charge in [-0.1, -0.05) is 43.5 Å². The van der Waals surface area contributed by atoms with E-state index in [0.29, 0.717) is 5.56 Å². The van der Waals surface area contributed by atoms with Gasteiger partial charge in [0, 0.05) is 0 Å².